The van der Waals surface area contributed by atoms with Crippen molar-refractivity contribution >= 4 is 11.8 Å². The third kappa shape index (κ3) is 7.05. The molecule has 232 valence electrons. The van der Waals surface area contributed by atoms with Crippen LogP contribution in [0.4, 0.5) is 0 Å². The molecule has 3 rings (SSSR count). The second kappa shape index (κ2) is 14.0. The number of hydrogen-bond acceptors (Lipinski definition) is 16. The van der Waals surface area contributed by atoms with E-state index < -0.39 is 124 Å². The van der Waals surface area contributed by atoms with Gasteiger partial charge in [0.1, 0.15) is 73.1 Å². The second-order valence-electron chi connectivity index (χ2n) is 9.81. The van der Waals surface area contributed by atoms with Gasteiger partial charge in [-0.15, -0.1) is 0 Å². The molecule has 3 saturated heterocycles. The molecule has 0 spiro atoms. The molecular weight excluding hydrogens is 548 g/mol. The lowest BCUT2D eigenvalue weighted by molar-refractivity contribution is -0.365. The predicted octanol–water partition coefficient (Wildman–Crippen LogP) is -7.29. The molecule has 0 bridgehead atoms. The lowest BCUT2D eigenvalue weighted by Crippen LogP contribution is -2.69. The summed E-state index contributed by atoms with van der Waals surface area (Å²) in [5.74, 6) is -1.31. The Morgan fingerprint density at radius 1 is 0.600 bits per heavy atom. The van der Waals surface area contributed by atoms with Crippen LogP contribution in [0.2, 0.25) is 0 Å². The summed E-state index contributed by atoms with van der Waals surface area (Å²) in [5, 5.41) is 97.2. The van der Waals surface area contributed by atoms with E-state index in [2.05, 4.69) is 10.6 Å². The van der Waals surface area contributed by atoms with Gasteiger partial charge in [-0.25, -0.2) is 0 Å². The Morgan fingerprint density at radius 3 is 1.60 bits per heavy atom. The Bertz CT molecular complexity index is 854. The summed E-state index contributed by atoms with van der Waals surface area (Å²) in [4.78, 5) is 23.4. The monoisotopic (exact) mass is 586 g/mol. The number of carbonyl (C=O) groups excluding carboxylic acids is 2. The standard InChI is InChI=1S/C22H38N2O16/c1-6(28)23-11-16(33)13(30)8(3-25)37-21(11)40-19-15(32)10(5-27)38-22(17(19)34)39-18-12(24-7(2)29)20(35)36-9(4-26)14(18)31/h8-22,25-27,30-35H,3-5H2,1-2H3,(H,23,28)(H,24,29)/t8-,9-,10-,11-,12-,13-,14+,15+,16-,17-,18-,19+,20-,21+,22-/m1/s1. The van der Waals surface area contributed by atoms with E-state index >= 15 is 0 Å². The predicted molar refractivity (Wildman–Crippen MR) is 124 cm³/mol. The van der Waals surface area contributed by atoms with E-state index in [-0.39, 0.29) is 0 Å². The van der Waals surface area contributed by atoms with Crippen LogP contribution in [0.3, 0.4) is 0 Å². The fraction of sp³-hybridized carbons (Fsp3) is 0.909. The van der Waals surface area contributed by atoms with Crippen molar-refractivity contribution in [3.05, 3.63) is 0 Å². The van der Waals surface area contributed by atoms with Crippen LogP contribution >= 0.6 is 0 Å². The van der Waals surface area contributed by atoms with E-state index in [1.165, 1.54) is 0 Å². The van der Waals surface area contributed by atoms with E-state index in [4.69, 9.17) is 23.7 Å². The molecule has 0 saturated carbocycles. The molecule has 3 heterocycles. The van der Waals surface area contributed by atoms with Crippen LogP contribution in [0, 0.1) is 0 Å². The highest BCUT2D eigenvalue weighted by Crippen LogP contribution is 2.32. The van der Waals surface area contributed by atoms with Crippen LogP contribution < -0.4 is 10.6 Å². The average molecular weight is 587 g/mol. The van der Waals surface area contributed by atoms with E-state index in [9.17, 15) is 55.5 Å². The van der Waals surface area contributed by atoms with Crippen molar-refractivity contribution in [1.82, 2.24) is 10.6 Å². The number of aliphatic hydroxyl groups is 9. The Kier molecular flexibility index (Phi) is 11.5. The van der Waals surface area contributed by atoms with Gasteiger partial charge in [0.25, 0.3) is 0 Å². The molecule has 0 aliphatic carbocycles. The van der Waals surface area contributed by atoms with Crippen molar-refractivity contribution in [2.75, 3.05) is 19.8 Å². The average Bonchev–Trinajstić information content (AvgIpc) is 2.90. The van der Waals surface area contributed by atoms with Crippen LogP contribution in [0.5, 0.6) is 0 Å². The highest BCUT2D eigenvalue weighted by Gasteiger charge is 2.54. The molecule has 11 N–H and O–H groups in total. The van der Waals surface area contributed by atoms with Crippen LogP contribution in [0.1, 0.15) is 13.8 Å². The van der Waals surface area contributed by atoms with Crippen molar-refractivity contribution in [3.8, 4) is 0 Å². The van der Waals surface area contributed by atoms with Gasteiger partial charge in [0.05, 0.1) is 19.8 Å². The Morgan fingerprint density at radius 2 is 1.05 bits per heavy atom. The normalized spacial score (nSPS) is 46.0. The molecule has 18 nitrogen and oxygen atoms in total. The van der Waals surface area contributed by atoms with Gasteiger partial charge in [-0.2, -0.15) is 0 Å². The first-order valence-electron chi connectivity index (χ1n) is 12.6. The summed E-state index contributed by atoms with van der Waals surface area (Å²) in [6.45, 7) is -0.135. The molecular formula is C22H38N2O16. The van der Waals surface area contributed by atoms with Crippen LogP contribution in [-0.4, -0.2) is 170 Å². The zero-order chi connectivity index (χ0) is 29.9. The summed E-state index contributed by atoms with van der Waals surface area (Å²) in [6, 6.07) is -2.86. The van der Waals surface area contributed by atoms with Gasteiger partial charge in [-0.3, -0.25) is 9.59 Å². The zero-order valence-corrected chi connectivity index (χ0v) is 21.7. The number of amides is 2. The molecule has 18 heteroatoms. The van der Waals surface area contributed by atoms with E-state index in [1.54, 1.807) is 0 Å². The molecule has 3 aliphatic rings. The van der Waals surface area contributed by atoms with Crippen LogP contribution in [0.15, 0.2) is 0 Å². The number of ether oxygens (including phenoxy) is 5. The van der Waals surface area contributed by atoms with Crippen LogP contribution in [0.25, 0.3) is 0 Å². The van der Waals surface area contributed by atoms with E-state index in [0.717, 1.165) is 13.8 Å². The smallest absolute Gasteiger partial charge is 0.217 e. The maximum absolute atomic E-state index is 11.7. The fourth-order valence-corrected chi connectivity index (χ4v) is 4.86. The first kappa shape index (κ1) is 32.9. The number of hydrogen-bond donors (Lipinski definition) is 11. The van der Waals surface area contributed by atoms with Gasteiger partial charge >= 0.3 is 0 Å². The molecule has 0 aromatic carbocycles. The van der Waals surface area contributed by atoms with Gasteiger partial charge in [-0.05, 0) is 0 Å². The molecule has 40 heavy (non-hydrogen) atoms. The first-order chi connectivity index (χ1) is 18.8. The minimum Gasteiger partial charge on any atom is -0.394 e. The fourth-order valence-electron chi connectivity index (χ4n) is 4.86. The minimum atomic E-state index is -1.94. The van der Waals surface area contributed by atoms with Crippen molar-refractivity contribution in [2.24, 2.45) is 0 Å². The highest BCUT2D eigenvalue weighted by atomic mass is 16.7. The zero-order valence-electron chi connectivity index (χ0n) is 21.7. The molecule has 15 atom stereocenters. The quantitative estimate of drug-likeness (QED) is 0.120. The van der Waals surface area contributed by atoms with Gasteiger partial charge in [-0.1, -0.05) is 0 Å². The van der Waals surface area contributed by atoms with Crippen molar-refractivity contribution < 1.29 is 79.2 Å². The molecule has 0 aromatic heterocycles. The summed E-state index contributed by atoms with van der Waals surface area (Å²) in [6.07, 6.45) is -21.5. The SMILES string of the molecule is CC(=O)N[C@@H]1[C@@H](O[C@H]2O[C@H](CO)[C@H](O)[C@H](O[C@@H]3O[C@H](CO)[C@@H](O)[C@H](O)[C@H]3NC(C)=O)[C@H]2O)[C@@H](O)[C@@H](CO)O[C@H]1O. The Balaban J connectivity index is 1.88. The lowest BCUT2D eigenvalue weighted by atomic mass is 9.94. The van der Waals surface area contributed by atoms with Crippen LogP contribution in [-0.2, 0) is 33.3 Å². The maximum Gasteiger partial charge on any atom is 0.217 e. The van der Waals surface area contributed by atoms with Gasteiger partial charge < -0.3 is 80.3 Å². The lowest BCUT2D eigenvalue weighted by Gasteiger charge is -2.49. The second-order valence-corrected chi connectivity index (χ2v) is 9.81. The third-order valence-electron chi connectivity index (χ3n) is 6.90. The van der Waals surface area contributed by atoms with Gasteiger partial charge in [0.2, 0.25) is 11.8 Å². The Hall–Kier alpha value is -1.62. The molecule has 3 fully saturated rings. The highest BCUT2D eigenvalue weighted by molar-refractivity contribution is 5.73. The first-order valence-corrected chi connectivity index (χ1v) is 12.6. The van der Waals surface area contributed by atoms with E-state index in [0.29, 0.717) is 0 Å². The minimum absolute atomic E-state index is 0.650. The van der Waals surface area contributed by atoms with E-state index in [1.807, 2.05) is 0 Å². The summed E-state index contributed by atoms with van der Waals surface area (Å²) in [7, 11) is 0. The third-order valence-corrected chi connectivity index (χ3v) is 6.90. The maximum atomic E-state index is 11.7. The molecule has 0 aromatic rings. The molecule has 0 radical (unpaired) electrons. The molecule has 2 amide bonds. The number of carbonyl (C=O) groups is 2. The van der Waals surface area contributed by atoms with Gasteiger partial charge in [0.15, 0.2) is 18.9 Å². The number of rotatable bonds is 9. The van der Waals surface area contributed by atoms with Gasteiger partial charge in [0, 0.05) is 13.8 Å². The number of nitrogens with one attached hydrogen (secondary N) is 2. The van der Waals surface area contributed by atoms with Crippen molar-refractivity contribution in [2.45, 2.75) is 106 Å². The topological polar surface area (TPSA) is 286 Å². The molecule has 0 unspecified atom stereocenters. The summed E-state index contributed by atoms with van der Waals surface area (Å²) in [5.41, 5.74) is 0. The molecule has 3 aliphatic heterocycles. The number of aliphatic hydroxyl groups excluding tert-OH is 9. The van der Waals surface area contributed by atoms with Crippen molar-refractivity contribution in [3.63, 3.8) is 0 Å². The van der Waals surface area contributed by atoms with Crippen molar-refractivity contribution in [1.29, 1.82) is 0 Å². The summed E-state index contributed by atoms with van der Waals surface area (Å²) < 4.78 is 27.5. The largest absolute Gasteiger partial charge is 0.394 e. The summed E-state index contributed by atoms with van der Waals surface area (Å²) >= 11 is 0. The Labute approximate surface area is 228 Å².